The van der Waals surface area contributed by atoms with Crippen LogP contribution in [0.25, 0.3) is 32.6 Å². The van der Waals surface area contributed by atoms with Crippen molar-refractivity contribution in [3.05, 3.63) is 114 Å². The number of benzene rings is 4. The number of hydrogen-bond acceptors (Lipinski definition) is 20. The van der Waals surface area contributed by atoms with Gasteiger partial charge in [-0.15, -0.1) is 0 Å². The molecule has 4 atom stereocenters. The van der Waals surface area contributed by atoms with Crippen molar-refractivity contribution in [1.82, 2.24) is 19.9 Å². The zero-order valence-electron chi connectivity index (χ0n) is 49.8. The van der Waals surface area contributed by atoms with Gasteiger partial charge in [0.15, 0.2) is 5.71 Å². The van der Waals surface area contributed by atoms with Gasteiger partial charge in [0.05, 0.1) is 45.4 Å². The van der Waals surface area contributed by atoms with Gasteiger partial charge in [0.2, 0.25) is 11.6 Å². The van der Waals surface area contributed by atoms with E-state index in [2.05, 4.69) is 35.7 Å². The van der Waals surface area contributed by atoms with Gasteiger partial charge in [0.25, 0.3) is 40.5 Å². The Hall–Kier alpha value is -6.45. The molecule has 0 spiro atoms. The number of nitrogens with two attached hydrogens (primary N) is 1. The van der Waals surface area contributed by atoms with E-state index in [0.717, 1.165) is 12.1 Å². The molecule has 4 aromatic carbocycles. The number of nitrogens with one attached hydrogen (secondary N) is 1. The highest BCUT2D eigenvalue weighted by Gasteiger charge is 2.47. The van der Waals surface area contributed by atoms with Crippen molar-refractivity contribution in [2.75, 3.05) is 36.9 Å². The number of nitrogens with zero attached hydrogens (tertiary/aromatic N) is 5. The number of rotatable bonds is 23. The van der Waals surface area contributed by atoms with E-state index >= 15 is 0 Å². The molecule has 0 bridgehead atoms. The zero-order chi connectivity index (χ0) is 68.4. The third kappa shape index (κ3) is 15.3. The van der Waals surface area contributed by atoms with Crippen molar-refractivity contribution in [3.8, 4) is 11.8 Å². The molecule has 38 heteroatoms. The molecule has 93 heavy (non-hydrogen) atoms. The Kier molecular flexibility index (Phi) is 19.8. The lowest BCUT2D eigenvalue weighted by Gasteiger charge is -2.26. The minimum Gasteiger partial charge on any atom is -0.383 e. The van der Waals surface area contributed by atoms with Crippen molar-refractivity contribution < 1.29 is 112 Å². The first-order valence-electron chi connectivity index (χ1n) is 27.9. The number of allylic oxidation sites excluding steroid dienone is 6. The number of unbranched alkanes of at least 4 members (excludes halogenated alkanes) is 2. The Bertz CT molecular complexity index is 4940. The number of aromatic nitrogens is 3. The molecule has 3 aliphatic rings. The predicted molar refractivity (Wildman–Crippen MR) is 336 cm³/mol. The van der Waals surface area contributed by atoms with Crippen molar-refractivity contribution in [2.45, 2.75) is 116 Å². The molecule has 500 valence electrons. The van der Waals surface area contributed by atoms with Crippen LogP contribution in [0.2, 0.25) is 0 Å². The summed E-state index contributed by atoms with van der Waals surface area (Å²) in [6.45, 7) is 9.22. The largest absolute Gasteiger partial charge is 0.490 e. The summed E-state index contributed by atoms with van der Waals surface area (Å²) >= 11 is 0. The first-order chi connectivity index (χ1) is 43.0. The van der Waals surface area contributed by atoms with Crippen LogP contribution in [-0.2, 0) is 87.7 Å². The van der Waals surface area contributed by atoms with Crippen LogP contribution < -0.4 is 16.0 Å². The van der Waals surface area contributed by atoms with Crippen molar-refractivity contribution in [2.24, 2.45) is 0 Å². The Balaban J connectivity index is 0.909. The lowest BCUT2D eigenvalue weighted by molar-refractivity contribution is -0.438. The van der Waals surface area contributed by atoms with Crippen LogP contribution in [0.3, 0.4) is 0 Å². The standard InChI is InChI=1S/C55H62N7O24P3S4/c1-6-60-41-21-19-37-39(26-35(90(71,72)73)28-43(37)92(77,78)79)50(41)54(2,3)45(60)15-9-7-10-16-46-55(4,5)51-40-27-36(91(74,75)76)29-44(93(80,81)82)38(40)20-22-42(51)61(46)25-12-8-11-17-47(63)57-24-13-14-33-30-62(53-49(33)52(56)58-32-59-53)48-23-18-34(84-48)31-83-88(67,68)86-89(69,70)85-87(64,65)66/h7,9-10,15-16,19-22,26-30,32,34,48H,6,8,11-12,17-18,23-25,31H2,1-5H3,(H10-,56,57,58,59,63,64,65,66,67,68,69,70,71,72,73,74,75,76,77,78,79,80,81,82)/p+1. The van der Waals surface area contributed by atoms with Gasteiger partial charge in [-0.2, -0.15) is 46.9 Å². The highest BCUT2D eigenvalue weighted by molar-refractivity contribution is 7.87. The number of phosphoric ester groups is 1. The molecule has 5 heterocycles. The Morgan fingerprint density at radius 1 is 0.774 bits per heavy atom. The third-order valence-corrected chi connectivity index (χ3v) is 23.0. The zero-order valence-corrected chi connectivity index (χ0v) is 55.7. The Morgan fingerprint density at radius 2 is 1.40 bits per heavy atom. The molecule has 31 nitrogen and oxygen atoms in total. The maximum Gasteiger partial charge on any atom is 0.490 e. The Labute approximate surface area is 533 Å². The summed E-state index contributed by atoms with van der Waals surface area (Å²) in [4.78, 5) is 57.5. The molecule has 9 rings (SSSR count). The molecular formula is C55H63N7O24P3S4+. The van der Waals surface area contributed by atoms with Crippen molar-refractivity contribution in [1.29, 1.82) is 0 Å². The monoisotopic (exact) mass is 1430 g/mol. The molecule has 1 amide bonds. The van der Waals surface area contributed by atoms with Gasteiger partial charge < -0.3 is 44.8 Å². The fraction of sp³-hybridized carbons (Fsp3) is 0.345. The fourth-order valence-electron chi connectivity index (χ4n) is 12.0. The van der Waals surface area contributed by atoms with Crippen LogP contribution in [0.4, 0.5) is 17.2 Å². The van der Waals surface area contributed by atoms with Gasteiger partial charge in [0.1, 0.15) is 40.4 Å². The maximum atomic E-state index is 13.2. The summed E-state index contributed by atoms with van der Waals surface area (Å²) in [5.41, 5.74) is 8.49. The fourth-order valence-corrected chi connectivity index (χ4v) is 17.7. The number of anilines is 2. The van der Waals surface area contributed by atoms with E-state index in [0.29, 0.717) is 95.0 Å². The second-order valence-electron chi connectivity index (χ2n) is 22.7. The van der Waals surface area contributed by atoms with E-state index in [1.807, 2.05) is 56.2 Å². The number of carbonyl (C=O) groups excluding carboxylic acids is 1. The molecule has 6 aromatic rings. The van der Waals surface area contributed by atoms with Gasteiger partial charge in [-0.05, 0) is 105 Å². The van der Waals surface area contributed by atoms with Crippen LogP contribution in [0.15, 0.2) is 117 Å². The van der Waals surface area contributed by atoms with E-state index < -0.39 is 113 Å². The number of fused-ring (bicyclic) bond motifs is 7. The summed E-state index contributed by atoms with van der Waals surface area (Å²) in [5.74, 6) is 5.59. The van der Waals surface area contributed by atoms with Gasteiger partial charge in [-0.25, -0.2) is 23.7 Å². The number of carbonyl (C=O) groups is 1. The SMILES string of the molecule is CCN1/C(=C/C=C/C=C/C2=[N+](CCCCCC(=O)NCC#Cc3cn(C4CCC(COP(=O)(O)OP(=O)(O)OP(=O)(O)O)O4)c4ncnc(N)c34)c3ccc4c(S(=O)(=O)O)cc(S(=O)(=O)O)cc4c3C2(C)C)C(C)(C)c2c1ccc1c(S(=O)(=O)O)cc(S(=O)(=O)O)cc21. The molecule has 0 radical (unpaired) electrons. The molecule has 3 aliphatic heterocycles. The number of hydrogen-bond donors (Lipinski definition) is 10. The highest BCUT2D eigenvalue weighted by Crippen LogP contribution is 2.66. The molecule has 2 aromatic heterocycles. The van der Waals surface area contributed by atoms with E-state index in [4.69, 9.17) is 24.8 Å². The molecule has 1 saturated heterocycles. The molecule has 1 fully saturated rings. The van der Waals surface area contributed by atoms with E-state index in [9.17, 15) is 80.2 Å². The van der Waals surface area contributed by atoms with Crippen LogP contribution in [-0.4, -0.2) is 135 Å². The number of phosphoric acid groups is 3. The number of likely N-dealkylation sites (N-methyl/N-ethyl adjacent to an activating group) is 1. The lowest BCUT2D eigenvalue weighted by atomic mass is 9.79. The first-order valence-corrected chi connectivity index (χ1v) is 38.2. The second-order valence-corrected chi connectivity index (χ2v) is 32.7. The predicted octanol–water partition coefficient (Wildman–Crippen LogP) is 7.25. The summed E-state index contributed by atoms with van der Waals surface area (Å²) < 4.78 is 198. The smallest absolute Gasteiger partial charge is 0.383 e. The number of amides is 1. The minimum absolute atomic E-state index is 0.0131. The first kappa shape index (κ1) is 70.9. The quantitative estimate of drug-likeness (QED) is 0.00754. The molecule has 0 aliphatic carbocycles. The summed E-state index contributed by atoms with van der Waals surface area (Å²) in [5, 5.41) is 3.42. The van der Waals surface area contributed by atoms with Crippen LogP contribution in [0.1, 0.15) is 96.1 Å². The van der Waals surface area contributed by atoms with Crippen LogP contribution in [0.5, 0.6) is 0 Å². The highest BCUT2D eigenvalue weighted by atomic mass is 32.2. The van der Waals surface area contributed by atoms with E-state index in [-0.39, 0.29) is 59.1 Å². The van der Waals surface area contributed by atoms with E-state index in [1.54, 1.807) is 41.1 Å². The lowest BCUT2D eigenvalue weighted by Crippen LogP contribution is -2.28. The number of ether oxygens (including phenoxy) is 1. The molecule has 4 unspecified atom stereocenters. The van der Waals surface area contributed by atoms with Gasteiger partial charge in [-0.1, -0.05) is 50.0 Å². The number of nitrogen functional groups attached to an aromatic ring is 1. The second kappa shape index (κ2) is 25.9. The molecular weight excluding hydrogens is 1360 g/mol. The summed E-state index contributed by atoms with van der Waals surface area (Å²) in [6.07, 6.45) is 12.0. The molecule has 0 saturated carbocycles. The average molecular weight is 1430 g/mol. The van der Waals surface area contributed by atoms with Crippen molar-refractivity contribution >= 4 is 125 Å². The average Bonchev–Trinajstić information content (AvgIpc) is 1.61. The normalized spacial score (nSPS) is 19.4. The summed E-state index contributed by atoms with van der Waals surface area (Å²) in [7, 11) is -36.7. The van der Waals surface area contributed by atoms with Crippen LogP contribution in [0, 0.1) is 11.8 Å². The maximum absolute atomic E-state index is 13.2. The third-order valence-electron chi connectivity index (χ3n) is 15.7. The minimum atomic E-state index is -5.74. The van der Waals surface area contributed by atoms with Crippen LogP contribution >= 0.6 is 23.5 Å². The Morgan fingerprint density at radius 3 is 2.00 bits per heavy atom. The van der Waals surface area contributed by atoms with Gasteiger partial charge in [0, 0.05) is 70.9 Å². The van der Waals surface area contributed by atoms with E-state index in [1.165, 1.54) is 18.5 Å². The van der Waals surface area contributed by atoms with Gasteiger partial charge in [-0.3, -0.25) is 27.5 Å². The topological polar surface area (TPSA) is 479 Å². The van der Waals surface area contributed by atoms with Gasteiger partial charge >= 0.3 is 23.5 Å². The summed E-state index contributed by atoms with van der Waals surface area (Å²) in [6, 6.07) is 9.86. The molecule has 11 N–H and O–H groups in total. The van der Waals surface area contributed by atoms with Crippen molar-refractivity contribution in [3.63, 3.8) is 0 Å².